The van der Waals surface area contributed by atoms with Crippen molar-refractivity contribution in [3.8, 4) is 0 Å². The number of carbonyl (C=O) groups is 1. The van der Waals surface area contributed by atoms with Gasteiger partial charge < -0.3 is 9.73 Å². The molecule has 0 aliphatic heterocycles. The van der Waals surface area contributed by atoms with Gasteiger partial charge in [0.05, 0.1) is 11.6 Å². The van der Waals surface area contributed by atoms with Crippen LogP contribution in [0.2, 0.25) is 0 Å². The molecule has 6 heteroatoms. The average Bonchev–Trinajstić information content (AvgIpc) is 2.93. The molecule has 2 unspecified atom stereocenters. The molecule has 2 aromatic rings. The van der Waals surface area contributed by atoms with Gasteiger partial charge in [0.15, 0.2) is 0 Å². The molecule has 2 atom stereocenters. The summed E-state index contributed by atoms with van der Waals surface area (Å²) in [6.45, 7) is 5.45. The number of rotatable bonds is 5. The Kier molecular flexibility index (Phi) is 5.36. The molecule has 3 nitrogen and oxygen atoms in total. The van der Waals surface area contributed by atoms with Crippen LogP contribution in [-0.2, 0) is 11.0 Å². The molecule has 24 heavy (non-hydrogen) atoms. The predicted octanol–water partition coefficient (Wildman–Crippen LogP) is 4.98. The van der Waals surface area contributed by atoms with E-state index in [0.29, 0.717) is 11.3 Å². The maximum Gasteiger partial charge on any atom is 0.416 e. The first kappa shape index (κ1) is 18.1. The van der Waals surface area contributed by atoms with Crippen LogP contribution in [0.3, 0.4) is 0 Å². The Hall–Kier alpha value is -2.24. The van der Waals surface area contributed by atoms with Crippen molar-refractivity contribution < 1.29 is 22.4 Å². The zero-order valence-corrected chi connectivity index (χ0v) is 13.8. The van der Waals surface area contributed by atoms with Crippen molar-refractivity contribution in [2.24, 2.45) is 0 Å². The van der Waals surface area contributed by atoms with Gasteiger partial charge in [0.1, 0.15) is 11.5 Å². The lowest BCUT2D eigenvalue weighted by Crippen LogP contribution is -2.27. The average molecular weight is 339 g/mol. The Morgan fingerprint density at radius 2 is 1.75 bits per heavy atom. The molecule has 1 N–H and O–H groups in total. The summed E-state index contributed by atoms with van der Waals surface area (Å²) in [5.41, 5.74) is 0.00404. The Morgan fingerprint density at radius 1 is 1.12 bits per heavy atom. The molecule has 1 amide bonds. The SMILES string of the molecule is Cc1ccc(C(C)NC(=O)CC(C)c2ccc(C(F)(F)F)cc2)o1. The summed E-state index contributed by atoms with van der Waals surface area (Å²) in [5.74, 6) is 1.08. The summed E-state index contributed by atoms with van der Waals surface area (Å²) in [4.78, 5) is 12.1. The van der Waals surface area contributed by atoms with Gasteiger partial charge in [0, 0.05) is 6.42 Å². The Labute approximate surface area is 138 Å². The van der Waals surface area contributed by atoms with Gasteiger partial charge in [-0.2, -0.15) is 13.2 Å². The molecule has 1 heterocycles. The fourth-order valence-corrected chi connectivity index (χ4v) is 2.45. The third kappa shape index (κ3) is 4.63. The predicted molar refractivity (Wildman–Crippen MR) is 84.5 cm³/mol. The third-order valence-corrected chi connectivity index (χ3v) is 3.86. The van der Waals surface area contributed by atoms with E-state index in [0.717, 1.165) is 17.9 Å². The highest BCUT2D eigenvalue weighted by atomic mass is 19.4. The van der Waals surface area contributed by atoms with Crippen LogP contribution in [0.15, 0.2) is 40.8 Å². The van der Waals surface area contributed by atoms with Crippen LogP contribution >= 0.6 is 0 Å². The first-order valence-electron chi connectivity index (χ1n) is 7.69. The van der Waals surface area contributed by atoms with Gasteiger partial charge in [-0.3, -0.25) is 4.79 Å². The number of amides is 1. The maximum atomic E-state index is 12.6. The van der Waals surface area contributed by atoms with E-state index in [-0.39, 0.29) is 24.3 Å². The number of alkyl halides is 3. The smallest absolute Gasteiger partial charge is 0.416 e. The van der Waals surface area contributed by atoms with E-state index in [4.69, 9.17) is 4.42 Å². The quantitative estimate of drug-likeness (QED) is 0.835. The second-order valence-corrected chi connectivity index (χ2v) is 5.96. The lowest BCUT2D eigenvalue weighted by Gasteiger charge is -2.16. The van der Waals surface area contributed by atoms with E-state index >= 15 is 0 Å². The highest BCUT2D eigenvalue weighted by Crippen LogP contribution is 2.30. The summed E-state index contributed by atoms with van der Waals surface area (Å²) < 4.78 is 43.2. The number of hydrogen-bond donors (Lipinski definition) is 1. The largest absolute Gasteiger partial charge is 0.464 e. The van der Waals surface area contributed by atoms with Crippen molar-refractivity contribution in [2.45, 2.75) is 45.3 Å². The van der Waals surface area contributed by atoms with E-state index in [1.54, 1.807) is 6.07 Å². The molecule has 2 rings (SSSR count). The molecule has 1 aromatic heterocycles. The number of benzene rings is 1. The Morgan fingerprint density at radius 3 is 2.25 bits per heavy atom. The van der Waals surface area contributed by atoms with Crippen LogP contribution < -0.4 is 5.32 Å². The summed E-state index contributed by atoms with van der Waals surface area (Å²) in [6.07, 6.45) is -4.16. The zero-order chi connectivity index (χ0) is 17.9. The van der Waals surface area contributed by atoms with Crippen LogP contribution in [-0.4, -0.2) is 5.91 Å². The maximum absolute atomic E-state index is 12.6. The highest BCUT2D eigenvalue weighted by Gasteiger charge is 2.30. The van der Waals surface area contributed by atoms with E-state index in [2.05, 4.69) is 5.32 Å². The number of halogens is 3. The molecule has 1 aromatic carbocycles. The number of carbonyl (C=O) groups excluding carboxylic acids is 1. The van der Waals surface area contributed by atoms with Gasteiger partial charge >= 0.3 is 6.18 Å². The standard InChI is InChI=1S/C18H20F3NO2/c1-11(14-5-7-15(8-6-14)18(19,20)21)10-17(23)22-13(3)16-9-4-12(2)24-16/h4-9,11,13H,10H2,1-3H3,(H,22,23). The van der Waals surface area contributed by atoms with Gasteiger partial charge in [-0.05, 0) is 49.6 Å². The minimum atomic E-state index is -4.35. The lowest BCUT2D eigenvalue weighted by atomic mass is 9.96. The van der Waals surface area contributed by atoms with Crippen LogP contribution in [0.25, 0.3) is 0 Å². The van der Waals surface area contributed by atoms with Gasteiger partial charge in [-0.1, -0.05) is 19.1 Å². The first-order chi connectivity index (χ1) is 11.2. The number of hydrogen-bond acceptors (Lipinski definition) is 2. The number of nitrogens with one attached hydrogen (secondary N) is 1. The molecule has 0 fully saturated rings. The minimum absolute atomic E-state index is 0.177. The topological polar surface area (TPSA) is 42.2 Å². The van der Waals surface area contributed by atoms with E-state index < -0.39 is 11.7 Å². The van der Waals surface area contributed by atoms with E-state index in [1.165, 1.54) is 12.1 Å². The van der Waals surface area contributed by atoms with Crippen molar-refractivity contribution in [3.05, 3.63) is 59.0 Å². The first-order valence-corrected chi connectivity index (χ1v) is 7.69. The fraction of sp³-hybridized carbons (Fsp3) is 0.389. The molecule has 0 spiro atoms. The van der Waals surface area contributed by atoms with Gasteiger partial charge in [-0.15, -0.1) is 0 Å². The van der Waals surface area contributed by atoms with Gasteiger partial charge in [0.2, 0.25) is 5.91 Å². The molecule has 130 valence electrons. The van der Waals surface area contributed by atoms with Crippen molar-refractivity contribution in [3.63, 3.8) is 0 Å². The Bertz CT molecular complexity index is 689. The normalized spacial score (nSPS) is 14.2. The van der Waals surface area contributed by atoms with Gasteiger partial charge in [-0.25, -0.2) is 0 Å². The molecule has 0 saturated heterocycles. The molecule has 0 bridgehead atoms. The van der Waals surface area contributed by atoms with Crippen molar-refractivity contribution >= 4 is 5.91 Å². The van der Waals surface area contributed by atoms with Crippen LogP contribution in [0.5, 0.6) is 0 Å². The van der Waals surface area contributed by atoms with Crippen molar-refractivity contribution in [1.29, 1.82) is 0 Å². The van der Waals surface area contributed by atoms with Crippen LogP contribution in [0, 0.1) is 6.92 Å². The monoisotopic (exact) mass is 339 g/mol. The molecular weight excluding hydrogens is 319 g/mol. The molecule has 0 saturated carbocycles. The molecule has 0 aliphatic carbocycles. The minimum Gasteiger partial charge on any atom is -0.464 e. The van der Waals surface area contributed by atoms with Crippen LogP contribution in [0.4, 0.5) is 13.2 Å². The number of aryl methyl sites for hydroxylation is 1. The summed E-state index contributed by atoms with van der Waals surface area (Å²) in [6, 6.07) is 8.28. The summed E-state index contributed by atoms with van der Waals surface area (Å²) in [7, 11) is 0. The van der Waals surface area contributed by atoms with E-state index in [1.807, 2.05) is 26.8 Å². The van der Waals surface area contributed by atoms with E-state index in [9.17, 15) is 18.0 Å². The van der Waals surface area contributed by atoms with Crippen molar-refractivity contribution in [1.82, 2.24) is 5.32 Å². The molecular formula is C18H20F3NO2. The van der Waals surface area contributed by atoms with Crippen molar-refractivity contribution in [2.75, 3.05) is 0 Å². The Balaban J connectivity index is 1.93. The summed E-state index contributed by atoms with van der Waals surface area (Å²) in [5, 5.41) is 2.83. The fourth-order valence-electron chi connectivity index (χ4n) is 2.45. The molecule has 0 aliphatic rings. The summed E-state index contributed by atoms with van der Waals surface area (Å²) >= 11 is 0. The highest BCUT2D eigenvalue weighted by molar-refractivity contribution is 5.77. The third-order valence-electron chi connectivity index (χ3n) is 3.86. The van der Waals surface area contributed by atoms with Crippen LogP contribution in [0.1, 0.15) is 54.9 Å². The second-order valence-electron chi connectivity index (χ2n) is 5.96. The molecule has 0 radical (unpaired) electrons. The zero-order valence-electron chi connectivity index (χ0n) is 13.8. The second kappa shape index (κ2) is 7.11. The van der Waals surface area contributed by atoms with Gasteiger partial charge in [0.25, 0.3) is 0 Å². The lowest BCUT2D eigenvalue weighted by molar-refractivity contribution is -0.137. The number of furan rings is 1.